The van der Waals surface area contributed by atoms with Crippen LogP contribution in [0.25, 0.3) is 0 Å². The topological polar surface area (TPSA) is 108 Å². The first-order valence-electron chi connectivity index (χ1n) is 33.5. The summed E-state index contributed by atoms with van der Waals surface area (Å²) in [5.74, 6) is -0.879. The molecule has 0 aromatic carbocycles. The number of quaternary nitrogens is 1. The van der Waals surface area contributed by atoms with E-state index in [-0.39, 0.29) is 26.1 Å². The first kappa shape index (κ1) is 82.3. The van der Waals surface area contributed by atoms with Gasteiger partial charge in [-0.05, 0) is 154 Å². The monoisotopic (exact) mass is 1230 g/mol. The minimum absolute atomic E-state index is 0.00836. The molecule has 0 radical (unpaired) electrons. The number of likely N-dealkylation sites (N-methyl/N-ethyl adjacent to an activating group) is 1. The van der Waals surface area contributed by atoms with E-state index in [9.17, 15) is 19.0 Å². The Balaban J connectivity index is 4.27. The van der Waals surface area contributed by atoms with Crippen LogP contribution in [0.3, 0.4) is 0 Å². The zero-order valence-electron chi connectivity index (χ0n) is 55.6. The van der Waals surface area contributed by atoms with Gasteiger partial charge < -0.3 is 18.9 Å². The van der Waals surface area contributed by atoms with Crippen molar-refractivity contribution < 1.29 is 42.1 Å². The lowest BCUT2D eigenvalue weighted by molar-refractivity contribution is -0.870. The van der Waals surface area contributed by atoms with Crippen molar-refractivity contribution in [2.75, 3.05) is 47.5 Å². The third-order valence-corrected chi connectivity index (χ3v) is 14.0. The number of phosphoric ester groups is 1. The largest absolute Gasteiger partial charge is 0.472 e. The summed E-state index contributed by atoms with van der Waals surface area (Å²) in [6.07, 6.45) is 106. The predicted molar refractivity (Wildman–Crippen MR) is 380 cm³/mol. The zero-order valence-corrected chi connectivity index (χ0v) is 56.5. The lowest BCUT2D eigenvalue weighted by Gasteiger charge is -2.24. The molecule has 0 rings (SSSR count). The highest BCUT2D eigenvalue weighted by Crippen LogP contribution is 2.43. The SMILES string of the molecule is CC/C=C\C/C=C\C/C=C\C/C=C\C/C=C\C/C=C\C/C=C\C/C=C\C/C=C\C/C=C\C/C=C\CCCCCCCC(=O)OC(COC(=O)CCCCC/C=C\C/C=C\C/C=C\C/C=C\C/C=C\C/C=C\C/C=C\CC)COP(=O)(O)OCC[N+](C)(C)C. The van der Waals surface area contributed by atoms with Crippen molar-refractivity contribution in [3.05, 3.63) is 219 Å². The number of unbranched alkanes of at least 4 members (excludes halogenated alkanes) is 8. The van der Waals surface area contributed by atoms with Crippen molar-refractivity contribution in [1.29, 1.82) is 0 Å². The van der Waals surface area contributed by atoms with Crippen LogP contribution < -0.4 is 0 Å². The number of allylic oxidation sites excluding steroid dienone is 36. The number of carbonyl (C=O) groups is 2. The second kappa shape index (κ2) is 65.8. The van der Waals surface area contributed by atoms with Crippen molar-refractivity contribution in [3.8, 4) is 0 Å². The van der Waals surface area contributed by atoms with Crippen LogP contribution in [0, 0.1) is 0 Å². The maximum Gasteiger partial charge on any atom is 0.472 e. The lowest BCUT2D eigenvalue weighted by atomic mass is 10.1. The summed E-state index contributed by atoms with van der Waals surface area (Å²) in [5, 5.41) is 0. The highest BCUT2D eigenvalue weighted by Gasteiger charge is 2.27. The minimum Gasteiger partial charge on any atom is -0.462 e. The molecule has 0 fully saturated rings. The summed E-state index contributed by atoms with van der Waals surface area (Å²) in [4.78, 5) is 35.8. The quantitative estimate of drug-likeness (QED) is 0.0211. The number of phosphoric acid groups is 1. The molecule has 2 atom stereocenters. The Kier molecular flexibility index (Phi) is 61.5. The van der Waals surface area contributed by atoms with Crippen LogP contribution in [-0.2, 0) is 32.7 Å². The van der Waals surface area contributed by atoms with Gasteiger partial charge in [0.15, 0.2) is 6.10 Å². The predicted octanol–water partition coefficient (Wildman–Crippen LogP) is 22.0. The summed E-state index contributed by atoms with van der Waals surface area (Å²) >= 11 is 0. The van der Waals surface area contributed by atoms with Crippen LogP contribution in [0.15, 0.2) is 219 Å². The second-order valence-electron chi connectivity index (χ2n) is 22.4. The van der Waals surface area contributed by atoms with E-state index >= 15 is 0 Å². The Morgan fingerprint density at radius 1 is 0.352 bits per heavy atom. The van der Waals surface area contributed by atoms with Crippen LogP contribution in [0.2, 0.25) is 0 Å². The van der Waals surface area contributed by atoms with Gasteiger partial charge in [0.1, 0.15) is 19.8 Å². The molecule has 0 aliphatic heterocycles. The van der Waals surface area contributed by atoms with E-state index in [1.165, 1.54) is 0 Å². The number of carbonyl (C=O) groups excluding carboxylic acids is 2. The standard InChI is InChI=1S/C78H120NO8P/c1-6-8-10-12-14-16-18-20-22-24-26-28-30-32-33-34-35-36-37-38-39-40-41-42-43-44-45-47-49-51-53-55-57-59-61-63-65-67-69-71-78(81)87-76(75-86-88(82,83)85-73-72-79(3,4)5)74-84-77(80)70-68-66-64-62-60-58-56-54-52-50-48-46-31-29-27-25-23-21-19-17-15-13-11-9-7-2/h8-11,14-17,20-23,26-29,32-33,35-36,38-39,41-42,44-46,48-49,51-52,54-55,57-58,60,76H,6-7,12-13,18-19,24-25,30-31,34,37,40,43,47,50,53,56,59,61-75H2,1-5H3/p+1/b10-8-,11-9-,16-14-,17-15-,22-20-,23-21-,28-26-,29-27-,33-32-,36-35-,39-38-,42-41-,45-44-,48-46-,51-49-,54-52-,57-55-,60-58-. The third-order valence-electron chi connectivity index (χ3n) is 13.0. The van der Waals surface area contributed by atoms with Crippen molar-refractivity contribution in [1.82, 2.24) is 0 Å². The van der Waals surface area contributed by atoms with E-state index in [0.717, 1.165) is 167 Å². The number of rotatable bonds is 58. The van der Waals surface area contributed by atoms with Gasteiger partial charge in [-0.2, -0.15) is 0 Å². The average molecular weight is 1230 g/mol. The van der Waals surface area contributed by atoms with Crippen molar-refractivity contribution >= 4 is 19.8 Å². The van der Waals surface area contributed by atoms with E-state index in [2.05, 4.69) is 233 Å². The van der Waals surface area contributed by atoms with Crippen LogP contribution in [0.5, 0.6) is 0 Å². The molecule has 0 saturated heterocycles. The highest BCUT2D eigenvalue weighted by molar-refractivity contribution is 7.47. The van der Waals surface area contributed by atoms with Gasteiger partial charge in [0.05, 0.1) is 27.7 Å². The maximum atomic E-state index is 12.9. The molecular formula is C78H121NO8P+. The fourth-order valence-electron chi connectivity index (χ4n) is 7.94. The average Bonchev–Trinajstić information content (AvgIpc) is 3.68. The first-order chi connectivity index (χ1) is 43.0. The highest BCUT2D eigenvalue weighted by atomic mass is 31.2. The number of ether oxygens (including phenoxy) is 2. The molecule has 1 N–H and O–H groups in total. The van der Waals surface area contributed by atoms with Gasteiger partial charge >= 0.3 is 19.8 Å². The van der Waals surface area contributed by atoms with Crippen LogP contribution in [-0.4, -0.2) is 74.9 Å². The minimum atomic E-state index is -4.42. The number of hydrogen-bond acceptors (Lipinski definition) is 7. The normalized spacial score (nSPS) is 14.6. The number of hydrogen-bond donors (Lipinski definition) is 1. The van der Waals surface area contributed by atoms with E-state index in [1.54, 1.807) is 0 Å². The Hall–Kier alpha value is -5.67. The zero-order chi connectivity index (χ0) is 64.1. The number of esters is 2. The molecule has 0 amide bonds. The molecule has 490 valence electrons. The Bertz CT molecular complexity index is 2280. The fourth-order valence-corrected chi connectivity index (χ4v) is 8.68. The molecule has 0 aromatic heterocycles. The van der Waals surface area contributed by atoms with Gasteiger partial charge in [-0.25, -0.2) is 4.57 Å². The van der Waals surface area contributed by atoms with Gasteiger partial charge in [0, 0.05) is 12.8 Å². The van der Waals surface area contributed by atoms with Crippen LogP contribution in [0.4, 0.5) is 0 Å². The van der Waals surface area contributed by atoms with E-state index in [0.29, 0.717) is 23.9 Å². The van der Waals surface area contributed by atoms with Gasteiger partial charge in [0.2, 0.25) is 0 Å². The van der Waals surface area contributed by atoms with Crippen LogP contribution in [0.1, 0.15) is 206 Å². The molecule has 0 saturated carbocycles. The Morgan fingerprint density at radius 2 is 0.614 bits per heavy atom. The maximum absolute atomic E-state index is 12.9. The van der Waals surface area contributed by atoms with Gasteiger partial charge in [-0.1, -0.05) is 258 Å². The lowest BCUT2D eigenvalue weighted by Crippen LogP contribution is -2.37. The van der Waals surface area contributed by atoms with E-state index in [1.807, 2.05) is 21.1 Å². The number of nitrogens with zero attached hydrogens (tertiary/aromatic N) is 1. The third kappa shape index (κ3) is 69.4. The molecule has 0 aliphatic rings. The van der Waals surface area contributed by atoms with Gasteiger partial charge in [0.25, 0.3) is 0 Å². The van der Waals surface area contributed by atoms with Crippen LogP contribution >= 0.6 is 7.82 Å². The van der Waals surface area contributed by atoms with E-state index in [4.69, 9.17) is 18.5 Å². The second-order valence-corrected chi connectivity index (χ2v) is 23.8. The van der Waals surface area contributed by atoms with Gasteiger partial charge in [-0.15, -0.1) is 0 Å². The molecule has 0 aromatic rings. The molecule has 9 nitrogen and oxygen atoms in total. The molecule has 88 heavy (non-hydrogen) atoms. The molecule has 0 bridgehead atoms. The molecule has 10 heteroatoms. The first-order valence-corrected chi connectivity index (χ1v) is 35.0. The van der Waals surface area contributed by atoms with Crippen molar-refractivity contribution in [2.45, 2.75) is 213 Å². The Labute approximate surface area is 538 Å². The van der Waals surface area contributed by atoms with Crippen molar-refractivity contribution in [2.24, 2.45) is 0 Å². The molecular weight excluding hydrogens is 1110 g/mol. The Morgan fingerprint density at radius 3 is 0.920 bits per heavy atom. The molecule has 0 spiro atoms. The molecule has 0 aliphatic carbocycles. The van der Waals surface area contributed by atoms with Crippen molar-refractivity contribution in [3.63, 3.8) is 0 Å². The summed E-state index contributed by atoms with van der Waals surface area (Å²) < 4.78 is 34.6. The molecule has 2 unspecified atom stereocenters. The summed E-state index contributed by atoms with van der Waals surface area (Å²) in [6, 6.07) is 0. The van der Waals surface area contributed by atoms with Gasteiger partial charge in [-0.3, -0.25) is 18.6 Å². The summed E-state index contributed by atoms with van der Waals surface area (Å²) in [7, 11) is 1.41. The fraction of sp³-hybridized carbons (Fsp3) is 0.513. The molecule has 0 heterocycles. The summed E-state index contributed by atoms with van der Waals surface area (Å²) in [5.41, 5.74) is 0. The summed E-state index contributed by atoms with van der Waals surface area (Å²) in [6.45, 7) is 4.10. The van der Waals surface area contributed by atoms with E-state index < -0.39 is 32.5 Å². The smallest absolute Gasteiger partial charge is 0.462 e.